The van der Waals surface area contributed by atoms with Crippen LogP contribution < -0.4 is 10.1 Å². The number of carbonyl (C=O) groups excluding carboxylic acids is 3. The largest absolute Gasteiger partial charge is 0.497 e. The number of hydrogen-bond donors (Lipinski definition) is 1. The molecule has 3 amide bonds. The van der Waals surface area contributed by atoms with Gasteiger partial charge >= 0.3 is 0 Å². The monoisotopic (exact) mass is 424 g/mol. The summed E-state index contributed by atoms with van der Waals surface area (Å²) < 4.78 is 5.11. The smallest absolute Gasteiger partial charge is 0.293 e. The summed E-state index contributed by atoms with van der Waals surface area (Å²) in [5.74, 6) is 0.336. The van der Waals surface area contributed by atoms with Crippen molar-refractivity contribution < 1.29 is 19.1 Å². The zero-order valence-electron chi connectivity index (χ0n) is 17.0. The van der Waals surface area contributed by atoms with Crippen molar-refractivity contribution in [3.8, 4) is 5.75 Å². The summed E-state index contributed by atoms with van der Waals surface area (Å²) in [6, 6.07) is 15.3. The van der Waals surface area contributed by atoms with Crippen LogP contribution in [0.1, 0.15) is 23.1 Å². The Kier molecular flexibility index (Phi) is 7.30. The van der Waals surface area contributed by atoms with Crippen molar-refractivity contribution in [1.82, 2.24) is 10.2 Å². The number of amides is 3. The number of imide groups is 1. The molecule has 3 rings (SSSR count). The van der Waals surface area contributed by atoms with E-state index < -0.39 is 0 Å². The molecule has 0 bridgehead atoms. The van der Waals surface area contributed by atoms with Crippen molar-refractivity contribution in [1.29, 1.82) is 0 Å². The molecule has 1 saturated heterocycles. The Labute approximate surface area is 180 Å². The first-order valence-corrected chi connectivity index (χ1v) is 10.5. The minimum absolute atomic E-state index is 0.118. The average molecular weight is 425 g/mol. The summed E-state index contributed by atoms with van der Waals surface area (Å²) >= 11 is 0.926. The number of methoxy groups -OCH3 is 1. The van der Waals surface area contributed by atoms with Crippen molar-refractivity contribution in [3.05, 3.63) is 70.1 Å². The second kappa shape index (κ2) is 10.1. The first kappa shape index (κ1) is 21.6. The number of nitrogens with zero attached hydrogens (tertiary/aromatic N) is 1. The van der Waals surface area contributed by atoms with Gasteiger partial charge in [-0.15, -0.1) is 0 Å². The van der Waals surface area contributed by atoms with E-state index in [1.807, 2.05) is 55.5 Å². The lowest BCUT2D eigenvalue weighted by molar-refractivity contribution is -0.124. The van der Waals surface area contributed by atoms with Crippen molar-refractivity contribution in [3.63, 3.8) is 0 Å². The van der Waals surface area contributed by atoms with Gasteiger partial charge in [-0.2, -0.15) is 0 Å². The molecular formula is C23H24N2O4S. The van der Waals surface area contributed by atoms with Crippen LogP contribution in [0.4, 0.5) is 4.79 Å². The lowest BCUT2D eigenvalue weighted by atomic mass is 10.1. The molecule has 1 fully saturated rings. The van der Waals surface area contributed by atoms with Crippen LogP contribution in [-0.4, -0.2) is 42.2 Å². The van der Waals surface area contributed by atoms with E-state index in [1.54, 1.807) is 13.2 Å². The Balaban J connectivity index is 1.45. The third-order valence-electron chi connectivity index (χ3n) is 4.71. The summed E-state index contributed by atoms with van der Waals surface area (Å²) in [6.07, 6.45) is 2.66. The third-order valence-corrected chi connectivity index (χ3v) is 5.61. The molecule has 1 N–H and O–H groups in total. The summed E-state index contributed by atoms with van der Waals surface area (Å²) in [6.45, 7) is 2.38. The molecular weight excluding hydrogens is 400 g/mol. The van der Waals surface area contributed by atoms with Crippen LogP contribution in [0.5, 0.6) is 5.75 Å². The number of rotatable bonds is 8. The predicted molar refractivity (Wildman–Crippen MR) is 118 cm³/mol. The summed E-state index contributed by atoms with van der Waals surface area (Å²) in [4.78, 5) is 38.3. The van der Waals surface area contributed by atoms with E-state index in [-0.39, 0.29) is 30.1 Å². The number of carbonyl (C=O) groups is 3. The fourth-order valence-corrected chi connectivity index (χ4v) is 3.82. The number of hydrogen-bond acceptors (Lipinski definition) is 5. The molecule has 0 aliphatic carbocycles. The molecule has 0 atom stereocenters. The Morgan fingerprint density at radius 2 is 1.80 bits per heavy atom. The SMILES string of the molecule is COc1ccc(CCC(=O)NCCN2C(=O)SC(=Cc3ccc(C)cc3)C2=O)cc1. The van der Waals surface area contributed by atoms with Gasteiger partial charge in [-0.1, -0.05) is 42.0 Å². The first-order valence-electron chi connectivity index (χ1n) is 9.68. The van der Waals surface area contributed by atoms with E-state index in [4.69, 9.17) is 4.74 Å². The molecule has 6 nitrogen and oxygen atoms in total. The topological polar surface area (TPSA) is 75.7 Å². The highest BCUT2D eigenvalue weighted by Crippen LogP contribution is 2.31. The molecule has 0 saturated carbocycles. The lowest BCUT2D eigenvalue weighted by Crippen LogP contribution is -2.37. The van der Waals surface area contributed by atoms with Crippen LogP contribution in [0.15, 0.2) is 53.4 Å². The maximum atomic E-state index is 12.5. The number of aryl methyl sites for hydroxylation is 2. The highest BCUT2D eigenvalue weighted by atomic mass is 32.2. The minimum atomic E-state index is -0.321. The summed E-state index contributed by atoms with van der Waals surface area (Å²) in [5, 5.41) is 2.46. The molecule has 0 spiro atoms. The van der Waals surface area contributed by atoms with Gasteiger partial charge in [0.1, 0.15) is 5.75 Å². The van der Waals surface area contributed by atoms with Crippen molar-refractivity contribution in [2.75, 3.05) is 20.2 Å². The van der Waals surface area contributed by atoms with Crippen LogP contribution in [-0.2, 0) is 16.0 Å². The molecule has 0 aromatic heterocycles. The van der Waals surface area contributed by atoms with Gasteiger partial charge in [-0.25, -0.2) is 0 Å². The Morgan fingerprint density at radius 3 is 2.47 bits per heavy atom. The fourth-order valence-electron chi connectivity index (χ4n) is 2.95. The van der Waals surface area contributed by atoms with Crippen LogP contribution in [0.25, 0.3) is 6.08 Å². The number of nitrogens with one attached hydrogen (secondary N) is 1. The van der Waals surface area contributed by atoms with E-state index in [2.05, 4.69) is 5.32 Å². The second-order valence-electron chi connectivity index (χ2n) is 6.94. The quantitative estimate of drug-likeness (QED) is 0.653. The molecule has 7 heteroatoms. The van der Waals surface area contributed by atoms with E-state index in [0.29, 0.717) is 17.7 Å². The Bertz CT molecular complexity index is 952. The Hall–Kier alpha value is -3.06. The van der Waals surface area contributed by atoms with Crippen molar-refractivity contribution in [2.45, 2.75) is 19.8 Å². The van der Waals surface area contributed by atoms with Gasteiger partial charge in [-0.05, 0) is 54.4 Å². The molecule has 2 aromatic carbocycles. The summed E-state index contributed by atoms with van der Waals surface area (Å²) in [7, 11) is 1.61. The van der Waals surface area contributed by atoms with Crippen molar-refractivity contribution >= 4 is 34.9 Å². The van der Waals surface area contributed by atoms with Crippen LogP contribution in [0.3, 0.4) is 0 Å². The van der Waals surface area contributed by atoms with E-state index >= 15 is 0 Å². The highest BCUT2D eigenvalue weighted by molar-refractivity contribution is 8.18. The van der Waals surface area contributed by atoms with Gasteiger partial charge in [0, 0.05) is 19.5 Å². The van der Waals surface area contributed by atoms with Gasteiger partial charge in [-0.3, -0.25) is 19.3 Å². The maximum Gasteiger partial charge on any atom is 0.293 e. The molecule has 2 aromatic rings. The van der Waals surface area contributed by atoms with E-state index in [1.165, 1.54) is 4.90 Å². The van der Waals surface area contributed by atoms with Crippen LogP contribution in [0, 0.1) is 6.92 Å². The second-order valence-corrected chi connectivity index (χ2v) is 7.94. The average Bonchev–Trinajstić information content (AvgIpc) is 3.01. The molecule has 30 heavy (non-hydrogen) atoms. The van der Waals surface area contributed by atoms with Gasteiger partial charge in [0.25, 0.3) is 11.1 Å². The minimum Gasteiger partial charge on any atom is -0.497 e. The maximum absolute atomic E-state index is 12.5. The van der Waals surface area contributed by atoms with Crippen LogP contribution >= 0.6 is 11.8 Å². The number of ether oxygens (including phenoxy) is 1. The third kappa shape index (κ3) is 5.73. The van der Waals surface area contributed by atoms with Gasteiger partial charge < -0.3 is 10.1 Å². The molecule has 0 radical (unpaired) electrons. The number of benzene rings is 2. The molecule has 156 valence electrons. The fraction of sp³-hybridized carbons (Fsp3) is 0.261. The van der Waals surface area contributed by atoms with Crippen LogP contribution in [0.2, 0.25) is 0 Å². The van der Waals surface area contributed by atoms with Crippen molar-refractivity contribution in [2.24, 2.45) is 0 Å². The van der Waals surface area contributed by atoms with Gasteiger partial charge in [0.15, 0.2) is 0 Å². The van der Waals surface area contributed by atoms with E-state index in [9.17, 15) is 14.4 Å². The highest BCUT2D eigenvalue weighted by Gasteiger charge is 2.34. The summed E-state index contributed by atoms with van der Waals surface area (Å²) in [5.41, 5.74) is 3.04. The zero-order valence-corrected chi connectivity index (χ0v) is 17.8. The molecule has 1 aliphatic rings. The first-order chi connectivity index (χ1) is 14.5. The number of thioether (sulfide) groups is 1. The van der Waals surface area contributed by atoms with E-state index in [0.717, 1.165) is 34.2 Å². The molecule has 1 aliphatic heterocycles. The normalized spacial score (nSPS) is 15.0. The Morgan fingerprint density at radius 1 is 1.10 bits per heavy atom. The zero-order chi connectivity index (χ0) is 21.5. The van der Waals surface area contributed by atoms with Gasteiger partial charge in [0.2, 0.25) is 5.91 Å². The standard InChI is InChI=1S/C23H24N2O4S/c1-16-3-5-18(6-4-16)15-20-22(27)25(23(28)30-20)14-13-24-21(26)12-9-17-7-10-19(29-2)11-8-17/h3-8,10-11,15H,9,12-14H2,1-2H3,(H,24,26). The van der Waals surface area contributed by atoms with Gasteiger partial charge in [0.05, 0.1) is 12.0 Å². The lowest BCUT2D eigenvalue weighted by Gasteiger charge is -2.13. The predicted octanol–water partition coefficient (Wildman–Crippen LogP) is 3.79. The molecule has 0 unspecified atom stereocenters. The molecule has 1 heterocycles.